The summed E-state index contributed by atoms with van der Waals surface area (Å²) in [6.07, 6.45) is 3.23. The second-order valence-corrected chi connectivity index (χ2v) is 5.04. The van der Waals surface area contributed by atoms with Crippen molar-refractivity contribution in [3.8, 4) is 0 Å². The summed E-state index contributed by atoms with van der Waals surface area (Å²) >= 11 is 1.48. The monoisotopic (exact) mass is 283 g/mol. The Morgan fingerprint density at radius 1 is 1.47 bits per heavy atom. The zero-order valence-corrected chi connectivity index (χ0v) is 12.4. The van der Waals surface area contributed by atoms with E-state index >= 15 is 0 Å². The predicted octanol–water partition coefficient (Wildman–Crippen LogP) is 1.70. The molecule has 0 radical (unpaired) electrons. The van der Waals surface area contributed by atoms with Crippen LogP contribution in [-0.2, 0) is 4.79 Å². The van der Waals surface area contributed by atoms with E-state index in [2.05, 4.69) is 27.5 Å². The molecule has 4 N–H and O–H groups in total. The van der Waals surface area contributed by atoms with Crippen LogP contribution >= 0.6 is 11.8 Å². The summed E-state index contributed by atoms with van der Waals surface area (Å²) in [5.41, 5.74) is 5.17. The van der Waals surface area contributed by atoms with Crippen LogP contribution in [0.1, 0.15) is 26.7 Å². The molecule has 19 heavy (non-hydrogen) atoms. The standard InChI is InChI=1S/C12H21N5OS/c1-4-5-14-10-7-11(17-12(16-10)19-3)15-8(2)6-9(13)18/h7-8H,4-6H2,1-3H3,(H2,13,18)(H2,14,15,16,17). The molecule has 0 aliphatic heterocycles. The molecule has 1 aromatic rings. The van der Waals surface area contributed by atoms with E-state index in [-0.39, 0.29) is 18.4 Å². The van der Waals surface area contributed by atoms with Crippen LogP contribution in [0.4, 0.5) is 11.6 Å². The first-order valence-corrected chi connectivity index (χ1v) is 7.49. The molecule has 7 heteroatoms. The molecule has 1 atom stereocenters. The Morgan fingerprint density at radius 2 is 2.16 bits per heavy atom. The summed E-state index contributed by atoms with van der Waals surface area (Å²) in [7, 11) is 0. The van der Waals surface area contributed by atoms with Crippen molar-refractivity contribution in [2.45, 2.75) is 37.9 Å². The van der Waals surface area contributed by atoms with Gasteiger partial charge in [-0.2, -0.15) is 0 Å². The highest BCUT2D eigenvalue weighted by Gasteiger charge is 2.09. The highest BCUT2D eigenvalue weighted by atomic mass is 32.2. The molecule has 0 saturated carbocycles. The minimum absolute atomic E-state index is 0.0545. The van der Waals surface area contributed by atoms with Crippen LogP contribution < -0.4 is 16.4 Å². The van der Waals surface area contributed by atoms with Crippen molar-refractivity contribution in [1.82, 2.24) is 9.97 Å². The van der Waals surface area contributed by atoms with E-state index in [4.69, 9.17) is 5.73 Å². The van der Waals surface area contributed by atoms with Gasteiger partial charge in [0.05, 0.1) is 0 Å². The van der Waals surface area contributed by atoms with Crippen molar-refractivity contribution in [2.24, 2.45) is 5.73 Å². The number of nitrogens with two attached hydrogens (primary N) is 1. The Hall–Kier alpha value is -1.50. The van der Waals surface area contributed by atoms with Crippen molar-refractivity contribution >= 4 is 29.3 Å². The molecule has 1 amide bonds. The Kier molecular flexibility index (Phi) is 6.41. The van der Waals surface area contributed by atoms with E-state index in [0.717, 1.165) is 18.8 Å². The lowest BCUT2D eigenvalue weighted by Gasteiger charge is -2.14. The van der Waals surface area contributed by atoms with Crippen molar-refractivity contribution < 1.29 is 4.79 Å². The number of carbonyl (C=O) groups is 1. The first-order chi connectivity index (χ1) is 9.05. The van der Waals surface area contributed by atoms with E-state index in [1.807, 2.05) is 19.2 Å². The quantitative estimate of drug-likeness (QED) is 0.496. The predicted molar refractivity (Wildman–Crippen MR) is 79.5 cm³/mol. The minimum atomic E-state index is -0.330. The average Bonchev–Trinajstić information content (AvgIpc) is 2.34. The lowest BCUT2D eigenvalue weighted by Crippen LogP contribution is -2.24. The van der Waals surface area contributed by atoms with Gasteiger partial charge >= 0.3 is 0 Å². The smallest absolute Gasteiger partial charge is 0.219 e. The van der Waals surface area contributed by atoms with E-state index in [1.165, 1.54) is 11.8 Å². The molecule has 0 aromatic carbocycles. The van der Waals surface area contributed by atoms with Gasteiger partial charge < -0.3 is 16.4 Å². The van der Waals surface area contributed by atoms with E-state index in [9.17, 15) is 4.79 Å². The molecular formula is C12H21N5OS. The number of anilines is 2. The number of carbonyl (C=O) groups excluding carboxylic acids is 1. The number of rotatable bonds is 8. The van der Waals surface area contributed by atoms with Crippen molar-refractivity contribution in [2.75, 3.05) is 23.4 Å². The SMILES string of the molecule is CCCNc1cc(NC(C)CC(N)=O)nc(SC)n1. The number of amides is 1. The number of primary amides is 1. The third kappa shape index (κ3) is 5.78. The molecule has 0 aliphatic rings. The molecule has 1 rings (SSSR count). The first kappa shape index (κ1) is 15.6. The maximum Gasteiger partial charge on any atom is 0.219 e. The summed E-state index contributed by atoms with van der Waals surface area (Å²) in [6.45, 7) is 4.85. The number of nitrogens with one attached hydrogen (secondary N) is 2. The number of hydrogen-bond acceptors (Lipinski definition) is 6. The fourth-order valence-electron chi connectivity index (χ4n) is 1.54. The van der Waals surface area contributed by atoms with Crippen LogP contribution in [0.25, 0.3) is 0 Å². The first-order valence-electron chi connectivity index (χ1n) is 6.27. The van der Waals surface area contributed by atoms with Crippen molar-refractivity contribution in [1.29, 1.82) is 0 Å². The second-order valence-electron chi connectivity index (χ2n) is 4.27. The van der Waals surface area contributed by atoms with Gasteiger partial charge in [0, 0.05) is 25.1 Å². The zero-order chi connectivity index (χ0) is 14.3. The van der Waals surface area contributed by atoms with Gasteiger partial charge in [-0.15, -0.1) is 0 Å². The summed E-state index contributed by atoms with van der Waals surface area (Å²) in [5.74, 6) is 1.16. The maximum absolute atomic E-state index is 10.9. The summed E-state index contributed by atoms with van der Waals surface area (Å²) < 4.78 is 0. The highest BCUT2D eigenvalue weighted by molar-refractivity contribution is 7.98. The second kappa shape index (κ2) is 7.83. The molecule has 0 bridgehead atoms. The third-order valence-electron chi connectivity index (χ3n) is 2.35. The number of aromatic nitrogens is 2. The molecule has 106 valence electrons. The summed E-state index contributed by atoms with van der Waals surface area (Å²) in [5, 5.41) is 7.08. The lowest BCUT2D eigenvalue weighted by atomic mass is 10.2. The molecule has 0 fully saturated rings. The fourth-order valence-corrected chi connectivity index (χ4v) is 1.92. The highest BCUT2D eigenvalue weighted by Crippen LogP contribution is 2.18. The molecule has 0 saturated heterocycles. The Labute approximate surface area is 118 Å². The summed E-state index contributed by atoms with van der Waals surface area (Å²) in [6, 6.07) is 1.79. The number of thioether (sulfide) groups is 1. The van der Waals surface area contributed by atoms with E-state index < -0.39 is 0 Å². The molecule has 1 unspecified atom stereocenters. The topological polar surface area (TPSA) is 92.9 Å². The van der Waals surface area contributed by atoms with Gasteiger partial charge in [-0.05, 0) is 19.6 Å². The van der Waals surface area contributed by atoms with Crippen LogP contribution in [0.3, 0.4) is 0 Å². The Bertz CT molecular complexity index is 427. The van der Waals surface area contributed by atoms with E-state index in [1.54, 1.807) is 0 Å². The molecule has 1 heterocycles. The third-order valence-corrected chi connectivity index (χ3v) is 2.89. The van der Waals surface area contributed by atoms with Gasteiger partial charge in [0.1, 0.15) is 11.6 Å². The van der Waals surface area contributed by atoms with Crippen LogP contribution in [-0.4, -0.2) is 34.7 Å². The number of nitrogens with zero attached hydrogens (tertiary/aromatic N) is 2. The van der Waals surface area contributed by atoms with Gasteiger partial charge in [-0.25, -0.2) is 9.97 Å². The Morgan fingerprint density at radius 3 is 2.74 bits per heavy atom. The minimum Gasteiger partial charge on any atom is -0.370 e. The largest absolute Gasteiger partial charge is 0.370 e. The van der Waals surface area contributed by atoms with Gasteiger partial charge in [-0.1, -0.05) is 18.7 Å². The van der Waals surface area contributed by atoms with Crippen molar-refractivity contribution in [3.05, 3.63) is 6.07 Å². The lowest BCUT2D eigenvalue weighted by molar-refractivity contribution is -0.118. The normalized spacial score (nSPS) is 11.9. The summed E-state index contributed by atoms with van der Waals surface area (Å²) in [4.78, 5) is 19.6. The van der Waals surface area contributed by atoms with Gasteiger partial charge in [-0.3, -0.25) is 4.79 Å². The number of hydrogen-bond donors (Lipinski definition) is 3. The van der Waals surface area contributed by atoms with Gasteiger partial charge in [0.2, 0.25) is 5.91 Å². The van der Waals surface area contributed by atoms with Gasteiger partial charge in [0.15, 0.2) is 5.16 Å². The Balaban J connectivity index is 2.78. The fraction of sp³-hybridized carbons (Fsp3) is 0.583. The van der Waals surface area contributed by atoms with Crippen molar-refractivity contribution in [3.63, 3.8) is 0 Å². The van der Waals surface area contributed by atoms with E-state index in [0.29, 0.717) is 11.0 Å². The zero-order valence-electron chi connectivity index (χ0n) is 11.6. The molecule has 6 nitrogen and oxygen atoms in total. The average molecular weight is 283 g/mol. The molecule has 1 aromatic heterocycles. The maximum atomic E-state index is 10.9. The molecular weight excluding hydrogens is 262 g/mol. The van der Waals surface area contributed by atoms with Crippen LogP contribution in [0.5, 0.6) is 0 Å². The van der Waals surface area contributed by atoms with Gasteiger partial charge in [0.25, 0.3) is 0 Å². The van der Waals surface area contributed by atoms with Crippen LogP contribution in [0.2, 0.25) is 0 Å². The van der Waals surface area contributed by atoms with Crippen LogP contribution in [0, 0.1) is 0 Å². The molecule has 0 spiro atoms. The molecule has 0 aliphatic carbocycles. The van der Waals surface area contributed by atoms with Crippen LogP contribution in [0.15, 0.2) is 11.2 Å².